The van der Waals surface area contributed by atoms with Crippen LogP contribution in [0.25, 0.3) is 0 Å². The Balaban J connectivity index is 1.55. The van der Waals surface area contributed by atoms with Gasteiger partial charge in [0.2, 0.25) is 0 Å². The molecule has 3 aromatic carbocycles. The predicted molar refractivity (Wildman–Crippen MR) is 95.8 cm³/mol. The SMILES string of the molecule is Clc1ccc2c(c1)C1SC2c2c1ccc1c2Oc2ccccc2O1. The van der Waals surface area contributed by atoms with Crippen molar-refractivity contribution in [1.82, 2.24) is 0 Å². The van der Waals surface area contributed by atoms with Crippen LogP contribution >= 0.6 is 23.4 Å². The van der Waals surface area contributed by atoms with Gasteiger partial charge in [0.05, 0.1) is 10.5 Å². The van der Waals surface area contributed by atoms with E-state index in [1.165, 1.54) is 22.3 Å². The second kappa shape index (κ2) is 4.50. The monoisotopic (exact) mass is 350 g/mol. The van der Waals surface area contributed by atoms with Crippen LogP contribution in [-0.4, -0.2) is 0 Å². The lowest BCUT2D eigenvalue weighted by Crippen LogP contribution is -2.08. The zero-order valence-corrected chi connectivity index (χ0v) is 14.0. The van der Waals surface area contributed by atoms with Gasteiger partial charge in [-0.2, -0.15) is 0 Å². The topological polar surface area (TPSA) is 18.5 Å². The first kappa shape index (κ1) is 13.2. The Morgan fingerprint density at radius 3 is 2.42 bits per heavy atom. The second-order valence-corrected chi connectivity index (χ2v) is 7.87. The molecular formula is C20H11ClO2S. The molecule has 4 heteroatoms. The van der Waals surface area contributed by atoms with E-state index in [1.54, 1.807) is 0 Å². The zero-order valence-electron chi connectivity index (χ0n) is 12.5. The molecule has 116 valence electrons. The summed E-state index contributed by atoms with van der Waals surface area (Å²) >= 11 is 8.16. The number of benzene rings is 3. The largest absolute Gasteiger partial charge is 0.450 e. The maximum absolute atomic E-state index is 6.25. The van der Waals surface area contributed by atoms with Crippen LogP contribution in [0.5, 0.6) is 23.0 Å². The summed E-state index contributed by atoms with van der Waals surface area (Å²) in [5.41, 5.74) is 5.26. The molecule has 6 rings (SSSR count). The standard InChI is InChI=1S/C20H11ClO2S/c21-10-5-6-11-13(9-10)19-12-7-8-16-18(17(12)20(11)24-19)23-15-4-2-1-3-14(15)22-16/h1-9,19-20H. The number of hydrogen-bond donors (Lipinski definition) is 0. The zero-order chi connectivity index (χ0) is 15.8. The van der Waals surface area contributed by atoms with Gasteiger partial charge < -0.3 is 9.47 Å². The van der Waals surface area contributed by atoms with E-state index in [-0.39, 0.29) is 0 Å². The summed E-state index contributed by atoms with van der Waals surface area (Å²) in [4.78, 5) is 0. The first-order valence-corrected chi connectivity index (χ1v) is 9.18. The van der Waals surface area contributed by atoms with Crippen LogP contribution in [-0.2, 0) is 0 Å². The average Bonchev–Trinajstić information content (AvgIpc) is 3.16. The average molecular weight is 351 g/mol. The minimum absolute atomic E-state index is 0.293. The first-order valence-electron chi connectivity index (χ1n) is 7.86. The highest BCUT2D eigenvalue weighted by Gasteiger charge is 2.45. The first-order chi connectivity index (χ1) is 11.8. The quantitative estimate of drug-likeness (QED) is 0.361. The smallest absolute Gasteiger partial charge is 0.175 e. The van der Waals surface area contributed by atoms with E-state index in [0.717, 1.165) is 28.0 Å². The third-order valence-electron chi connectivity index (χ3n) is 4.91. The van der Waals surface area contributed by atoms with Crippen LogP contribution in [0, 0.1) is 0 Å². The van der Waals surface area contributed by atoms with E-state index in [2.05, 4.69) is 18.2 Å². The van der Waals surface area contributed by atoms with E-state index < -0.39 is 0 Å². The normalized spacial score (nSPS) is 21.2. The number of fused-ring (bicyclic) bond motifs is 11. The molecule has 0 fully saturated rings. The molecule has 0 saturated heterocycles. The van der Waals surface area contributed by atoms with Crippen LogP contribution in [0.1, 0.15) is 32.8 Å². The molecule has 2 atom stereocenters. The lowest BCUT2D eigenvalue weighted by atomic mass is 9.85. The fourth-order valence-corrected chi connectivity index (χ4v) is 5.78. The van der Waals surface area contributed by atoms with Crippen LogP contribution in [0.15, 0.2) is 54.6 Å². The Hall–Kier alpha value is -2.10. The van der Waals surface area contributed by atoms with Crippen molar-refractivity contribution in [2.45, 2.75) is 10.5 Å². The molecule has 3 aliphatic heterocycles. The maximum atomic E-state index is 6.25. The highest BCUT2D eigenvalue weighted by molar-refractivity contribution is 8.00. The van der Waals surface area contributed by atoms with Crippen LogP contribution in [0.3, 0.4) is 0 Å². The van der Waals surface area contributed by atoms with E-state index in [0.29, 0.717) is 10.5 Å². The van der Waals surface area contributed by atoms with Crippen molar-refractivity contribution >= 4 is 23.4 Å². The van der Waals surface area contributed by atoms with Gasteiger partial charge in [-0.05, 0) is 47.0 Å². The molecule has 2 nitrogen and oxygen atoms in total. The third-order valence-corrected chi connectivity index (χ3v) is 6.68. The highest BCUT2D eigenvalue weighted by Crippen LogP contribution is 2.67. The lowest BCUT2D eigenvalue weighted by molar-refractivity contribution is 0.356. The molecule has 0 saturated carbocycles. The van der Waals surface area contributed by atoms with Gasteiger partial charge in [0.1, 0.15) is 0 Å². The van der Waals surface area contributed by atoms with E-state index >= 15 is 0 Å². The predicted octanol–water partition coefficient (Wildman–Crippen LogP) is 6.48. The minimum Gasteiger partial charge on any atom is -0.450 e. The molecule has 3 heterocycles. The van der Waals surface area contributed by atoms with Crippen molar-refractivity contribution in [2.75, 3.05) is 0 Å². The molecular weight excluding hydrogens is 340 g/mol. The number of para-hydroxylation sites is 2. The fourth-order valence-electron chi connectivity index (χ4n) is 3.89. The Kier molecular flexibility index (Phi) is 2.48. The van der Waals surface area contributed by atoms with Gasteiger partial charge in [-0.25, -0.2) is 0 Å². The number of rotatable bonds is 0. The van der Waals surface area contributed by atoms with Gasteiger partial charge in [-0.15, -0.1) is 11.8 Å². The van der Waals surface area contributed by atoms with Crippen molar-refractivity contribution in [2.24, 2.45) is 0 Å². The summed E-state index contributed by atoms with van der Waals surface area (Å²) in [5, 5.41) is 1.43. The summed E-state index contributed by atoms with van der Waals surface area (Å²) in [6.45, 7) is 0. The molecule has 3 aliphatic rings. The molecule has 2 bridgehead atoms. The number of ether oxygens (including phenoxy) is 2. The molecule has 2 unspecified atom stereocenters. The third kappa shape index (κ3) is 1.59. The molecule has 0 spiro atoms. The molecule has 0 aliphatic carbocycles. The van der Waals surface area contributed by atoms with Gasteiger partial charge in [-0.3, -0.25) is 0 Å². The van der Waals surface area contributed by atoms with Crippen molar-refractivity contribution in [3.63, 3.8) is 0 Å². The van der Waals surface area contributed by atoms with Crippen molar-refractivity contribution in [1.29, 1.82) is 0 Å². The summed E-state index contributed by atoms with van der Waals surface area (Å²) in [6, 6.07) is 18.2. The summed E-state index contributed by atoms with van der Waals surface area (Å²) < 4.78 is 12.3. The van der Waals surface area contributed by atoms with E-state index in [4.69, 9.17) is 21.1 Å². The van der Waals surface area contributed by atoms with Gasteiger partial charge in [0.15, 0.2) is 23.0 Å². The molecule has 0 radical (unpaired) electrons. The number of thioether (sulfide) groups is 1. The Morgan fingerprint density at radius 1 is 0.750 bits per heavy atom. The molecule has 0 aromatic heterocycles. The van der Waals surface area contributed by atoms with Crippen molar-refractivity contribution < 1.29 is 9.47 Å². The summed E-state index contributed by atoms with van der Waals surface area (Å²) in [7, 11) is 0. The Morgan fingerprint density at radius 2 is 1.54 bits per heavy atom. The van der Waals surface area contributed by atoms with Crippen LogP contribution in [0.2, 0.25) is 5.02 Å². The molecule has 24 heavy (non-hydrogen) atoms. The van der Waals surface area contributed by atoms with Crippen molar-refractivity contribution in [3.8, 4) is 23.0 Å². The van der Waals surface area contributed by atoms with Crippen LogP contribution < -0.4 is 9.47 Å². The number of hydrogen-bond acceptors (Lipinski definition) is 3. The maximum Gasteiger partial charge on any atom is 0.175 e. The van der Waals surface area contributed by atoms with E-state index in [1.807, 2.05) is 48.2 Å². The van der Waals surface area contributed by atoms with Crippen molar-refractivity contribution in [3.05, 3.63) is 81.9 Å². The molecule has 0 amide bonds. The summed E-state index contributed by atoms with van der Waals surface area (Å²) in [5.74, 6) is 3.22. The van der Waals surface area contributed by atoms with Gasteiger partial charge in [0, 0.05) is 10.6 Å². The van der Waals surface area contributed by atoms with E-state index in [9.17, 15) is 0 Å². The lowest BCUT2D eigenvalue weighted by Gasteiger charge is -2.26. The fraction of sp³-hybridized carbons (Fsp3) is 0.100. The minimum atomic E-state index is 0.293. The number of halogens is 1. The Bertz CT molecular complexity index is 1030. The second-order valence-electron chi connectivity index (χ2n) is 6.22. The highest BCUT2D eigenvalue weighted by atomic mass is 35.5. The van der Waals surface area contributed by atoms with Gasteiger partial charge in [-0.1, -0.05) is 35.9 Å². The molecule has 3 aromatic rings. The van der Waals surface area contributed by atoms with Gasteiger partial charge in [0.25, 0.3) is 0 Å². The summed E-state index contributed by atoms with van der Waals surface area (Å²) in [6.07, 6.45) is 0. The van der Waals surface area contributed by atoms with Crippen LogP contribution in [0.4, 0.5) is 0 Å². The van der Waals surface area contributed by atoms with Gasteiger partial charge >= 0.3 is 0 Å². The Labute approximate surface area is 148 Å². The molecule has 0 N–H and O–H groups in total.